The molecule has 148 valence electrons. The van der Waals surface area contributed by atoms with E-state index in [-0.39, 0.29) is 17.9 Å². The number of nitrogens with zero attached hydrogens (tertiary/aromatic N) is 3. The molecule has 1 aromatic carbocycles. The van der Waals surface area contributed by atoms with Crippen molar-refractivity contribution in [2.75, 3.05) is 32.8 Å². The number of likely N-dealkylation sites (tertiary alicyclic amines) is 1. The Balaban J connectivity index is 1.53. The van der Waals surface area contributed by atoms with Crippen molar-refractivity contribution in [2.45, 2.75) is 38.1 Å². The van der Waals surface area contributed by atoms with E-state index >= 15 is 0 Å². The number of hydrogen-bond donors (Lipinski definition) is 0. The summed E-state index contributed by atoms with van der Waals surface area (Å²) in [7, 11) is 0. The average molecular weight is 381 g/mol. The Labute approximate surface area is 165 Å². The molecule has 2 fully saturated rings. The largest absolute Gasteiger partial charge is 0.381 e. The number of hydrogen-bond acceptors (Lipinski definition) is 4. The van der Waals surface area contributed by atoms with E-state index in [1.54, 1.807) is 6.20 Å². The molecule has 2 amide bonds. The van der Waals surface area contributed by atoms with Crippen molar-refractivity contribution in [3.63, 3.8) is 0 Å². The second kappa shape index (κ2) is 8.69. The minimum atomic E-state index is -0.0172. The first-order valence-corrected chi connectivity index (χ1v) is 10.2. The highest BCUT2D eigenvalue weighted by Gasteiger charge is 2.28. The summed E-state index contributed by atoms with van der Waals surface area (Å²) in [5, 5.41) is 1.91. The van der Waals surface area contributed by atoms with E-state index in [0.29, 0.717) is 31.9 Å². The molecular formula is C22H27N3O3. The van der Waals surface area contributed by atoms with Gasteiger partial charge in [0.05, 0.1) is 0 Å². The third-order valence-electron chi connectivity index (χ3n) is 5.77. The van der Waals surface area contributed by atoms with Gasteiger partial charge in [-0.25, -0.2) is 0 Å². The molecule has 4 rings (SSSR count). The Bertz CT molecular complexity index is 843. The maximum atomic E-state index is 13.5. The van der Waals surface area contributed by atoms with Crippen molar-refractivity contribution in [1.82, 2.24) is 14.8 Å². The van der Waals surface area contributed by atoms with Gasteiger partial charge in [0.15, 0.2) is 0 Å². The van der Waals surface area contributed by atoms with Crippen molar-refractivity contribution >= 4 is 22.6 Å². The molecule has 0 atom stereocenters. The van der Waals surface area contributed by atoms with Crippen molar-refractivity contribution in [3.8, 4) is 0 Å². The second-order valence-corrected chi connectivity index (χ2v) is 7.56. The summed E-state index contributed by atoms with van der Waals surface area (Å²) in [6, 6.07) is 9.98. The maximum Gasteiger partial charge on any atom is 0.273 e. The Morgan fingerprint density at radius 3 is 2.82 bits per heavy atom. The quantitative estimate of drug-likeness (QED) is 0.772. The monoisotopic (exact) mass is 381 g/mol. The number of benzene rings is 1. The fraction of sp³-hybridized carbons (Fsp3) is 0.500. The van der Waals surface area contributed by atoms with E-state index in [0.717, 1.165) is 49.5 Å². The van der Waals surface area contributed by atoms with Gasteiger partial charge in [0, 0.05) is 56.9 Å². The first kappa shape index (κ1) is 18.9. The van der Waals surface area contributed by atoms with Crippen molar-refractivity contribution in [3.05, 3.63) is 42.2 Å². The Hall–Kier alpha value is -2.47. The Kier molecular flexibility index (Phi) is 5.86. The number of ether oxygens (including phenoxy) is 1. The van der Waals surface area contributed by atoms with Gasteiger partial charge >= 0.3 is 0 Å². The summed E-state index contributed by atoms with van der Waals surface area (Å²) in [6.45, 7) is 3.56. The first-order chi connectivity index (χ1) is 13.7. The summed E-state index contributed by atoms with van der Waals surface area (Å²) in [5.41, 5.74) is 0.516. The second-order valence-electron chi connectivity index (χ2n) is 7.56. The molecule has 0 saturated carbocycles. The van der Waals surface area contributed by atoms with Gasteiger partial charge in [-0.3, -0.25) is 14.6 Å². The van der Waals surface area contributed by atoms with Gasteiger partial charge < -0.3 is 14.5 Å². The van der Waals surface area contributed by atoms with E-state index in [2.05, 4.69) is 4.98 Å². The minimum absolute atomic E-state index is 0.0172. The number of amides is 2. The molecule has 0 bridgehead atoms. The highest BCUT2D eigenvalue weighted by molar-refractivity contribution is 6.05. The molecule has 0 radical (unpaired) electrons. The van der Waals surface area contributed by atoms with Crippen LogP contribution in [0.25, 0.3) is 10.8 Å². The molecule has 2 aromatic rings. The summed E-state index contributed by atoms with van der Waals surface area (Å²) < 4.78 is 5.50. The van der Waals surface area contributed by atoms with Gasteiger partial charge in [0.2, 0.25) is 5.91 Å². The van der Waals surface area contributed by atoms with Crippen LogP contribution in [0.2, 0.25) is 0 Å². The van der Waals surface area contributed by atoms with Crippen molar-refractivity contribution < 1.29 is 14.3 Å². The van der Waals surface area contributed by atoms with Crippen LogP contribution in [-0.4, -0.2) is 65.5 Å². The fourth-order valence-electron chi connectivity index (χ4n) is 4.25. The average Bonchev–Trinajstić information content (AvgIpc) is 3.15. The highest BCUT2D eigenvalue weighted by Crippen LogP contribution is 2.22. The summed E-state index contributed by atoms with van der Waals surface area (Å²) in [6.07, 6.45) is 5.79. The maximum absolute atomic E-state index is 13.5. The zero-order valence-corrected chi connectivity index (χ0v) is 16.2. The van der Waals surface area contributed by atoms with Gasteiger partial charge in [-0.15, -0.1) is 0 Å². The minimum Gasteiger partial charge on any atom is -0.381 e. The number of fused-ring (bicyclic) bond motifs is 1. The van der Waals surface area contributed by atoms with Crippen molar-refractivity contribution in [2.24, 2.45) is 0 Å². The molecule has 3 heterocycles. The van der Waals surface area contributed by atoms with Gasteiger partial charge in [-0.1, -0.05) is 24.3 Å². The molecule has 2 aliphatic rings. The van der Waals surface area contributed by atoms with Gasteiger partial charge in [0.1, 0.15) is 5.69 Å². The first-order valence-electron chi connectivity index (χ1n) is 10.2. The van der Waals surface area contributed by atoms with Crippen LogP contribution in [0.4, 0.5) is 0 Å². The van der Waals surface area contributed by atoms with Crippen LogP contribution < -0.4 is 0 Å². The van der Waals surface area contributed by atoms with Gasteiger partial charge in [-0.05, 0) is 37.1 Å². The highest BCUT2D eigenvalue weighted by atomic mass is 16.5. The Morgan fingerprint density at radius 2 is 2.04 bits per heavy atom. The van der Waals surface area contributed by atoms with E-state index in [1.165, 1.54) is 0 Å². The molecule has 0 N–H and O–H groups in total. The van der Waals surface area contributed by atoms with Crippen LogP contribution in [0.3, 0.4) is 0 Å². The molecular weight excluding hydrogens is 354 g/mol. The van der Waals surface area contributed by atoms with Crippen molar-refractivity contribution in [1.29, 1.82) is 0 Å². The Morgan fingerprint density at radius 1 is 1.21 bits per heavy atom. The number of aromatic nitrogens is 1. The van der Waals surface area contributed by atoms with E-state index < -0.39 is 0 Å². The lowest BCUT2D eigenvalue weighted by atomic mass is 10.0. The van der Waals surface area contributed by atoms with Gasteiger partial charge in [0.25, 0.3) is 5.91 Å². The number of pyridine rings is 1. The molecule has 0 spiro atoms. The summed E-state index contributed by atoms with van der Waals surface area (Å²) >= 11 is 0. The van der Waals surface area contributed by atoms with E-state index in [4.69, 9.17) is 4.74 Å². The van der Waals surface area contributed by atoms with E-state index in [9.17, 15) is 9.59 Å². The molecule has 2 aliphatic heterocycles. The SMILES string of the molecule is O=C1CCCN1CCCN(C(=O)c1nccc2ccccc12)C1CCOCC1. The molecule has 6 heteroatoms. The van der Waals surface area contributed by atoms with Gasteiger partial charge in [-0.2, -0.15) is 0 Å². The molecule has 0 aliphatic carbocycles. The summed E-state index contributed by atoms with van der Waals surface area (Å²) in [5.74, 6) is 0.219. The molecule has 1 aromatic heterocycles. The smallest absolute Gasteiger partial charge is 0.273 e. The zero-order chi connectivity index (χ0) is 19.3. The lowest BCUT2D eigenvalue weighted by Crippen LogP contribution is -2.45. The standard InChI is InChI=1S/C22H27N3O3/c26-20-7-3-12-24(20)13-4-14-25(18-9-15-28-16-10-18)22(27)21-19-6-2-1-5-17(19)8-11-23-21/h1-2,5-6,8,11,18H,3-4,7,9-10,12-16H2. The third kappa shape index (κ3) is 4.02. The van der Waals surface area contributed by atoms with Crippen LogP contribution in [-0.2, 0) is 9.53 Å². The number of carbonyl (C=O) groups is 2. The van der Waals surface area contributed by atoms with Crippen LogP contribution in [0.1, 0.15) is 42.6 Å². The number of rotatable bonds is 6. The predicted octanol–water partition coefficient (Wildman–Crippen LogP) is 2.87. The topological polar surface area (TPSA) is 62.7 Å². The van der Waals surface area contributed by atoms with E-state index in [1.807, 2.05) is 40.1 Å². The van der Waals surface area contributed by atoms with Crippen LogP contribution in [0.15, 0.2) is 36.5 Å². The molecule has 0 unspecified atom stereocenters. The zero-order valence-electron chi connectivity index (χ0n) is 16.2. The van der Waals surface area contributed by atoms with Crippen LogP contribution >= 0.6 is 0 Å². The molecule has 6 nitrogen and oxygen atoms in total. The lowest BCUT2D eigenvalue weighted by molar-refractivity contribution is -0.127. The summed E-state index contributed by atoms with van der Waals surface area (Å²) in [4.78, 5) is 33.7. The normalized spacial score (nSPS) is 18.0. The van der Waals surface area contributed by atoms with Crippen LogP contribution in [0.5, 0.6) is 0 Å². The molecule has 2 saturated heterocycles. The third-order valence-corrected chi connectivity index (χ3v) is 5.77. The lowest BCUT2D eigenvalue weighted by Gasteiger charge is -2.34. The van der Waals surface area contributed by atoms with Crippen LogP contribution in [0, 0.1) is 0 Å². The number of carbonyl (C=O) groups excluding carboxylic acids is 2. The predicted molar refractivity (Wildman–Crippen MR) is 107 cm³/mol. The fourth-order valence-corrected chi connectivity index (χ4v) is 4.25. The molecule has 28 heavy (non-hydrogen) atoms.